The maximum atomic E-state index is 11.7. The summed E-state index contributed by atoms with van der Waals surface area (Å²) in [6.07, 6.45) is 0. The summed E-state index contributed by atoms with van der Waals surface area (Å²) in [6, 6.07) is 12.1. The van der Waals surface area contributed by atoms with Crippen LogP contribution in [-0.4, -0.2) is 39.8 Å². The van der Waals surface area contributed by atoms with E-state index < -0.39 is 0 Å². The molecule has 2 aromatic rings. The first-order chi connectivity index (χ1) is 10.7. The van der Waals surface area contributed by atoms with Gasteiger partial charge in [0.1, 0.15) is 5.75 Å². The lowest BCUT2D eigenvalue weighted by molar-refractivity contribution is -0.120. The van der Waals surface area contributed by atoms with Crippen LogP contribution in [0, 0.1) is 0 Å². The molecule has 0 saturated carbocycles. The summed E-state index contributed by atoms with van der Waals surface area (Å²) in [5.41, 5.74) is 1.07. The molecular weight excluding hydrogens is 280 g/mol. The Morgan fingerprint density at radius 2 is 1.86 bits per heavy atom. The number of amides is 1. The van der Waals surface area contributed by atoms with E-state index in [-0.39, 0.29) is 5.91 Å². The summed E-state index contributed by atoms with van der Waals surface area (Å²) in [6.45, 7) is 2.09. The fraction of sp³-hybridized carbons (Fsp3) is 0.353. The van der Waals surface area contributed by atoms with Crippen LogP contribution in [0.25, 0.3) is 10.8 Å². The van der Waals surface area contributed by atoms with Crippen molar-refractivity contribution in [2.75, 3.05) is 33.9 Å². The van der Waals surface area contributed by atoms with E-state index in [2.05, 4.69) is 16.7 Å². The summed E-state index contributed by atoms with van der Waals surface area (Å²) in [5.74, 6) is 0.821. The summed E-state index contributed by atoms with van der Waals surface area (Å²) in [5, 5.41) is 8.16. The number of hydrogen-bond acceptors (Lipinski definition) is 4. The van der Waals surface area contributed by atoms with Gasteiger partial charge in [0.05, 0.1) is 20.3 Å². The van der Waals surface area contributed by atoms with Gasteiger partial charge in [0.15, 0.2) is 0 Å². The van der Waals surface area contributed by atoms with Gasteiger partial charge < -0.3 is 20.1 Å². The monoisotopic (exact) mass is 302 g/mol. The van der Waals surface area contributed by atoms with Crippen LogP contribution >= 0.6 is 0 Å². The predicted octanol–water partition coefficient (Wildman–Crippen LogP) is 1.70. The van der Waals surface area contributed by atoms with Crippen molar-refractivity contribution in [1.29, 1.82) is 0 Å². The van der Waals surface area contributed by atoms with Crippen molar-refractivity contribution in [3.05, 3.63) is 42.0 Å². The van der Waals surface area contributed by atoms with Crippen LogP contribution in [0.5, 0.6) is 5.75 Å². The van der Waals surface area contributed by atoms with Gasteiger partial charge in [0.2, 0.25) is 5.91 Å². The van der Waals surface area contributed by atoms with Gasteiger partial charge in [-0.15, -0.1) is 0 Å². The highest BCUT2D eigenvalue weighted by atomic mass is 16.5. The Labute approximate surface area is 130 Å². The molecule has 0 aromatic heterocycles. The fourth-order valence-electron chi connectivity index (χ4n) is 2.15. The maximum absolute atomic E-state index is 11.7. The number of hydrogen-bond donors (Lipinski definition) is 2. The quantitative estimate of drug-likeness (QED) is 0.729. The standard InChI is InChI=1S/C17H22N2O3/c1-21-8-7-18-12-17(20)19-11-13-3-4-15-10-16(22-2)6-5-14(15)9-13/h3-6,9-10,18H,7-8,11-12H2,1-2H3,(H,19,20). The maximum Gasteiger partial charge on any atom is 0.234 e. The zero-order valence-electron chi connectivity index (χ0n) is 13.0. The van der Waals surface area contributed by atoms with Gasteiger partial charge >= 0.3 is 0 Å². The lowest BCUT2D eigenvalue weighted by Crippen LogP contribution is -2.34. The second kappa shape index (κ2) is 8.36. The molecule has 0 heterocycles. The third-order valence-corrected chi connectivity index (χ3v) is 3.37. The first-order valence-electron chi connectivity index (χ1n) is 7.26. The molecular formula is C17H22N2O3. The Morgan fingerprint density at radius 3 is 2.64 bits per heavy atom. The molecule has 0 aliphatic heterocycles. The fourth-order valence-corrected chi connectivity index (χ4v) is 2.15. The lowest BCUT2D eigenvalue weighted by Gasteiger charge is -2.08. The Hall–Kier alpha value is -2.11. The van der Waals surface area contributed by atoms with Crippen molar-refractivity contribution in [3.63, 3.8) is 0 Å². The molecule has 0 radical (unpaired) electrons. The second-order valence-corrected chi connectivity index (χ2v) is 4.99. The molecule has 5 nitrogen and oxygen atoms in total. The molecule has 22 heavy (non-hydrogen) atoms. The number of nitrogens with one attached hydrogen (secondary N) is 2. The number of rotatable bonds is 8. The van der Waals surface area contributed by atoms with E-state index in [4.69, 9.17) is 9.47 Å². The molecule has 0 bridgehead atoms. The highest BCUT2D eigenvalue weighted by Crippen LogP contribution is 2.21. The van der Waals surface area contributed by atoms with E-state index in [0.717, 1.165) is 22.1 Å². The van der Waals surface area contributed by atoms with E-state index in [1.165, 1.54) is 0 Å². The van der Waals surface area contributed by atoms with Gasteiger partial charge in [0.25, 0.3) is 0 Å². The minimum Gasteiger partial charge on any atom is -0.497 e. The number of carbonyl (C=O) groups is 1. The molecule has 0 saturated heterocycles. The van der Waals surface area contributed by atoms with Crippen LogP contribution in [0.4, 0.5) is 0 Å². The summed E-state index contributed by atoms with van der Waals surface area (Å²) >= 11 is 0. The Kier molecular flexibility index (Phi) is 6.18. The second-order valence-electron chi connectivity index (χ2n) is 4.99. The molecule has 2 rings (SSSR count). The summed E-state index contributed by atoms with van der Waals surface area (Å²) < 4.78 is 10.1. The van der Waals surface area contributed by atoms with Gasteiger partial charge in [-0.3, -0.25) is 4.79 Å². The van der Waals surface area contributed by atoms with Gasteiger partial charge in [-0.05, 0) is 34.5 Å². The molecule has 2 aromatic carbocycles. The average molecular weight is 302 g/mol. The Morgan fingerprint density at radius 1 is 1.09 bits per heavy atom. The number of fused-ring (bicyclic) bond motifs is 1. The first kappa shape index (κ1) is 16.3. The molecule has 5 heteroatoms. The van der Waals surface area contributed by atoms with E-state index >= 15 is 0 Å². The largest absolute Gasteiger partial charge is 0.497 e. The van der Waals surface area contributed by atoms with E-state index in [1.54, 1.807) is 14.2 Å². The molecule has 118 valence electrons. The van der Waals surface area contributed by atoms with Crippen molar-refractivity contribution in [2.45, 2.75) is 6.54 Å². The highest BCUT2D eigenvalue weighted by Gasteiger charge is 2.02. The van der Waals surface area contributed by atoms with E-state index in [1.807, 2.05) is 30.3 Å². The number of benzene rings is 2. The highest BCUT2D eigenvalue weighted by molar-refractivity contribution is 5.84. The SMILES string of the molecule is COCCNCC(=O)NCc1ccc2cc(OC)ccc2c1. The van der Waals surface area contributed by atoms with E-state index in [9.17, 15) is 4.79 Å². The molecule has 0 unspecified atom stereocenters. The molecule has 0 aliphatic rings. The zero-order valence-corrected chi connectivity index (χ0v) is 13.0. The van der Waals surface area contributed by atoms with Gasteiger partial charge in [-0.1, -0.05) is 18.2 Å². The van der Waals surface area contributed by atoms with Crippen LogP contribution in [0.2, 0.25) is 0 Å². The van der Waals surface area contributed by atoms with Crippen LogP contribution in [-0.2, 0) is 16.1 Å². The molecule has 2 N–H and O–H groups in total. The van der Waals surface area contributed by atoms with Gasteiger partial charge in [0, 0.05) is 20.2 Å². The third-order valence-electron chi connectivity index (χ3n) is 3.37. The minimum absolute atomic E-state index is 0.0223. The molecule has 0 spiro atoms. The van der Waals surface area contributed by atoms with Crippen molar-refractivity contribution in [3.8, 4) is 5.75 Å². The normalized spacial score (nSPS) is 10.6. The Balaban J connectivity index is 1.88. The van der Waals surface area contributed by atoms with Crippen LogP contribution < -0.4 is 15.4 Å². The van der Waals surface area contributed by atoms with Crippen LogP contribution in [0.1, 0.15) is 5.56 Å². The van der Waals surface area contributed by atoms with Crippen LogP contribution in [0.15, 0.2) is 36.4 Å². The summed E-state index contributed by atoms with van der Waals surface area (Å²) in [7, 11) is 3.29. The van der Waals surface area contributed by atoms with Gasteiger partial charge in [-0.25, -0.2) is 0 Å². The minimum atomic E-state index is -0.0223. The molecule has 0 atom stereocenters. The third kappa shape index (κ3) is 4.72. The van der Waals surface area contributed by atoms with Crippen molar-refractivity contribution < 1.29 is 14.3 Å². The molecule has 0 fully saturated rings. The number of carbonyl (C=O) groups excluding carboxylic acids is 1. The van der Waals surface area contributed by atoms with Crippen molar-refractivity contribution >= 4 is 16.7 Å². The number of ether oxygens (including phenoxy) is 2. The predicted molar refractivity (Wildman–Crippen MR) is 87.1 cm³/mol. The number of methoxy groups -OCH3 is 2. The Bertz CT molecular complexity index is 628. The lowest BCUT2D eigenvalue weighted by atomic mass is 10.1. The molecule has 1 amide bonds. The van der Waals surface area contributed by atoms with Gasteiger partial charge in [-0.2, -0.15) is 0 Å². The average Bonchev–Trinajstić information content (AvgIpc) is 2.56. The smallest absolute Gasteiger partial charge is 0.234 e. The van der Waals surface area contributed by atoms with Crippen LogP contribution in [0.3, 0.4) is 0 Å². The topological polar surface area (TPSA) is 59.6 Å². The van der Waals surface area contributed by atoms with E-state index in [0.29, 0.717) is 26.2 Å². The summed E-state index contributed by atoms with van der Waals surface area (Å²) in [4.78, 5) is 11.7. The zero-order chi connectivity index (χ0) is 15.8. The first-order valence-corrected chi connectivity index (χ1v) is 7.26. The van der Waals surface area contributed by atoms with Crippen molar-refractivity contribution in [2.24, 2.45) is 0 Å². The van der Waals surface area contributed by atoms with Crippen molar-refractivity contribution in [1.82, 2.24) is 10.6 Å². The molecule has 0 aliphatic carbocycles.